The third-order valence-electron chi connectivity index (χ3n) is 4.69. The summed E-state index contributed by atoms with van der Waals surface area (Å²) in [5, 5.41) is 14.6. The number of halogens is 1. The van der Waals surface area contributed by atoms with Crippen molar-refractivity contribution < 1.29 is 9.53 Å². The van der Waals surface area contributed by atoms with Gasteiger partial charge in [-0.25, -0.2) is 9.67 Å². The van der Waals surface area contributed by atoms with Crippen molar-refractivity contribution >= 4 is 35.9 Å². The Kier molecular flexibility index (Phi) is 10.8. The zero-order chi connectivity index (χ0) is 21.3. The largest absolute Gasteiger partial charge is 0.468 e. The maximum absolute atomic E-state index is 11.3. The number of nitrogens with one attached hydrogen (secondary N) is 2. The minimum atomic E-state index is -0.367. The lowest BCUT2D eigenvalue weighted by atomic mass is 9.84. The molecule has 0 aliphatic carbocycles. The van der Waals surface area contributed by atoms with E-state index in [-0.39, 0.29) is 41.9 Å². The number of aliphatic imine (C=N–C) groups is 1. The molecule has 0 aliphatic rings. The summed E-state index contributed by atoms with van der Waals surface area (Å²) < 4.78 is 6.08. The number of aromatic nitrogens is 3. The first kappa shape index (κ1) is 25.9. The lowest BCUT2D eigenvalue weighted by molar-refractivity contribution is -0.141. The highest BCUT2D eigenvalue weighted by Gasteiger charge is 2.21. The minimum Gasteiger partial charge on any atom is -0.468 e. The Morgan fingerprint density at radius 2 is 1.90 bits per heavy atom. The van der Waals surface area contributed by atoms with E-state index < -0.39 is 0 Å². The molecule has 166 valence electrons. The van der Waals surface area contributed by atoms with Crippen molar-refractivity contribution in [1.29, 1.82) is 0 Å². The number of carbonyl (C=O) groups excluding carboxylic acids is 1. The molecule has 8 nitrogen and oxygen atoms in total. The van der Waals surface area contributed by atoms with Crippen molar-refractivity contribution in [2.45, 2.75) is 52.6 Å². The number of esters is 1. The highest BCUT2D eigenvalue weighted by molar-refractivity contribution is 14.0. The van der Waals surface area contributed by atoms with Gasteiger partial charge in [0.2, 0.25) is 0 Å². The zero-order valence-electron chi connectivity index (χ0n) is 18.4. The van der Waals surface area contributed by atoms with Crippen molar-refractivity contribution in [3.8, 4) is 0 Å². The third kappa shape index (κ3) is 7.92. The van der Waals surface area contributed by atoms with E-state index in [0.29, 0.717) is 18.2 Å². The first-order valence-electron chi connectivity index (χ1n) is 9.95. The van der Waals surface area contributed by atoms with Gasteiger partial charge in [-0.2, -0.15) is 0 Å². The molecule has 2 rings (SSSR count). The number of rotatable bonds is 9. The molecule has 0 fully saturated rings. The van der Waals surface area contributed by atoms with Crippen LogP contribution >= 0.6 is 24.0 Å². The van der Waals surface area contributed by atoms with Crippen molar-refractivity contribution in [3.05, 3.63) is 47.3 Å². The summed E-state index contributed by atoms with van der Waals surface area (Å²) in [5.41, 5.74) is 3.25. The molecule has 0 atom stereocenters. The van der Waals surface area contributed by atoms with Crippen LogP contribution in [0.2, 0.25) is 0 Å². The van der Waals surface area contributed by atoms with Gasteiger partial charge >= 0.3 is 5.97 Å². The molecule has 1 aromatic heterocycles. The van der Waals surface area contributed by atoms with Crippen LogP contribution in [0, 0.1) is 0 Å². The maximum Gasteiger partial charge on any atom is 0.327 e. The summed E-state index contributed by atoms with van der Waals surface area (Å²) in [7, 11) is 1.35. The molecule has 2 aromatic rings. The fraction of sp³-hybridized carbons (Fsp3) is 0.524. The molecular weight excluding hydrogens is 495 g/mol. The number of hydrogen-bond donors (Lipinski definition) is 2. The number of ether oxygens (including phenoxy) is 1. The first-order valence-corrected chi connectivity index (χ1v) is 9.95. The Bertz CT molecular complexity index is 817. The first-order chi connectivity index (χ1) is 13.9. The van der Waals surface area contributed by atoms with Crippen LogP contribution in [0.15, 0.2) is 35.5 Å². The number of nitrogens with zero attached hydrogens (tertiary/aromatic N) is 4. The molecule has 0 saturated carbocycles. The van der Waals surface area contributed by atoms with Gasteiger partial charge in [0.15, 0.2) is 5.96 Å². The van der Waals surface area contributed by atoms with Crippen molar-refractivity contribution in [2.24, 2.45) is 4.99 Å². The summed E-state index contributed by atoms with van der Waals surface area (Å²) in [5.74, 6) is 0.349. The molecular formula is C21H33IN6O2. The van der Waals surface area contributed by atoms with E-state index in [4.69, 9.17) is 0 Å². The molecule has 1 heterocycles. The average molecular weight is 528 g/mol. The molecule has 0 unspecified atom stereocenters. The third-order valence-corrected chi connectivity index (χ3v) is 4.69. The monoisotopic (exact) mass is 528 g/mol. The van der Waals surface area contributed by atoms with Gasteiger partial charge in [-0.1, -0.05) is 50.3 Å². The summed E-state index contributed by atoms with van der Waals surface area (Å²) in [6.45, 7) is 10.5. The fourth-order valence-electron chi connectivity index (χ4n) is 2.79. The molecule has 0 aliphatic heterocycles. The van der Waals surface area contributed by atoms with Crippen molar-refractivity contribution in [3.63, 3.8) is 0 Å². The lowest BCUT2D eigenvalue weighted by Crippen LogP contribution is -2.43. The molecule has 0 radical (unpaired) electrons. The van der Waals surface area contributed by atoms with E-state index in [2.05, 4.69) is 75.7 Å². The molecule has 2 N–H and O–H groups in total. The lowest BCUT2D eigenvalue weighted by Gasteiger charge is -2.27. The quantitative estimate of drug-likeness (QED) is 0.225. The van der Waals surface area contributed by atoms with Gasteiger partial charge in [-0.05, 0) is 24.5 Å². The van der Waals surface area contributed by atoms with Crippen LogP contribution in [0.5, 0.6) is 0 Å². The Morgan fingerprint density at radius 3 is 2.50 bits per heavy atom. The van der Waals surface area contributed by atoms with E-state index in [1.54, 1.807) is 6.20 Å². The number of methoxy groups -OCH3 is 1. The van der Waals surface area contributed by atoms with E-state index in [9.17, 15) is 4.79 Å². The van der Waals surface area contributed by atoms with Crippen LogP contribution in [0.25, 0.3) is 0 Å². The topological polar surface area (TPSA) is 93.4 Å². The summed E-state index contributed by atoms with van der Waals surface area (Å²) >= 11 is 0. The fourth-order valence-corrected chi connectivity index (χ4v) is 2.79. The van der Waals surface area contributed by atoms with Gasteiger partial charge in [0, 0.05) is 18.5 Å². The predicted octanol–water partition coefficient (Wildman–Crippen LogP) is 2.66. The van der Waals surface area contributed by atoms with Gasteiger partial charge in [0.25, 0.3) is 0 Å². The number of guanidine groups is 1. The van der Waals surface area contributed by atoms with Gasteiger partial charge in [0.05, 0.1) is 19.9 Å². The minimum absolute atomic E-state index is 0. The van der Waals surface area contributed by atoms with Crippen LogP contribution in [0.1, 0.15) is 44.5 Å². The van der Waals surface area contributed by atoms with E-state index in [1.165, 1.54) is 22.9 Å². The van der Waals surface area contributed by atoms with E-state index >= 15 is 0 Å². The second kappa shape index (κ2) is 12.5. The van der Waals surface area contributed by atoms with Gasteiger partial charge in [0.1, 0.15) is 12.2 Å². The highest BCUT2D eigenvalue weighted by atomic mass is 127. The van der Waals surface area contributed by atoms with Crippen LogP contribution in [0.3, 0.4) is 0 Å². The molecule has 1 aromatic carbocycles. The number of aryl methyl sites for hydroxylation is 1. The van der Waals surface area contributed by atoms with Crippen molar-refractivity contribution in [1.82, 2.24) is 25.6 Å². The molecule has 0 amide bonds. The smallest absolute Gasteiger partial charge is 0.327 e. The summed E-state index contributed by atoms with van der Waals surface area (Å²) in [4.78, 5) is 15.9. The highest BCUT2D eigenvalue weighted by Crippen LogP contribution is 2.22. The molecule has 0 bridgehead atoms. The Labute approximate surface area is 195 Å². The number of hydrogen-bond acceptors (Lipinski definition) is 5. The Hall–Kier alpha value is -2.17. The van der Waals surface area contributed by atoms with Crippen molar-refractivity contribution in [2.75, 3.05) is 20.2 Å². The normalized spacial score (nSPS) is 11.6. The van der Waals surface area contributed by atoms with Crippen LogP contribution in [0.4, 0.5) is 0 Å². The molecule has 9 heteroatoms. The zero-order valence-corrected chi connectivity index (χ0v) is 20.8. The standard InChI is InChI=1S/C21H32N6O2.HI/c1-6-16-8-10-17(11-9-16)21(3,4)15-24-20(22-7-2)23-12-18-13-27(26-25-18)14-19(28)29-5;/h8-11,13H,6-7,12,14-15H2,1-5H3,(H2,22,23,24);1H. The van der Waals surface area contributed by atoms with Gasteiger partial charge in [-0.15, -0.1) is 29.1 Å². The Balaban J connectivity index is 0.00000450. The maximum atomic E-state index is 11.3. The van der Waals surface area contributed by atoms with Gasteiger partial charge < -0.3 is 15.4 Å². The Morgan fingerprint density at radius 1 is 1.20 bits per heavy atom. The number of carbonyl (C=O) groups is 1. The summed E-state index contributed by atoms with van der Waals surface area (Å²) in [6.07, 6.45) is 2.74. The van der Waals surface area contributed by atoms with Crippen LogP contribution in [-0.2, 0) is 34.5 Å². The second-order valence-corrected chi connectivity index (χ2v) is 7.47. The van der Waals surface area contributed by atoms with Crippen LogP contribution < -0.4 is 10.6 Å². The number of benzene rings is 1. The molecule has 30 heavy (non-hydrogen) atoms. The van der Waals surface area contributed by atoms with E-state index in [1.807, 2.05) is 6.92 Å². The van der Waals surface area contributed by atoms with Gasteiger partial charge in [-0.3, -0.25) is 4.79 Å². The van der Waals surface area contributed by atoms with E-state index in [0.717, 1.165) is 19.5 Å². The molecule has 0 saturated heterocycles. The summed E-state index contributed by atoms with van der Waals surface area (Å²) in [6, 6.07) is 8.77. The SMILES string of the molecule is CCNC(=NCc1cn(CC(=O)OC)nn1)NCC(C)(C)c1ccc(CC)cc1.I. The average Bonchev–Trinajstić information content (AvgIpc) is 3.17. The van der Waals surface area contributed by atoms with Crippen LogP contribution in [-0.4, -0.2) is 47.1 Å². The molecule has 0 spiro atoms. The predicted molar refractivity (Wildman–Crippen MR) is 129 cm³/mol. The second-order valence-electron chi connectivity index (χ2n) is 7.47.